The van der Waals surface area contributed by atoms with Crippen LogP contribution in [0, 0.1) is 0 Å². The molecule has 0 aliphatic carbocycles. The van der Waals surface area contributed by atoms with Gasteiger partial charge in [0.25, 0.3) is 0 Å². The maximum absolute atomic E-state index is 2.38. The highest BCUT2D eigenvalue weighted by Crippen LogP contribution is 1.97. The van der Waals surface area contributed by atoms with Crippen LogP contribution < -0.4 is 0 Å². The van der Waals surface area contributed by atoms with Gasteiger partial charge in [-0.05, 0) is 18.4 Å². The maximum Gasteiger partial charge on any atom is 0.0167 e. The minimum atomic E-state index is 0.380. The maximum atomic E-state index is 2.38. The zero-order valence-corrected chi connectivity index (χ0v) is 7.47. The third-order valence-electron chi connectivity index (χ3n) is 0.952. The summed E-state index contributed by atoms with van der Waals surface area (Å²) in [6.07, 6.45) is 3.64. The SMILES string of the molecule is C[SiH2]CCCSC. The molecule has 0 aromatic rings. The fourth-order valence-corrected chi connectivity index (χ4v) is 2.10. The summed E-state index contributed by atoms with van der Waals surface area (Å²) >= 11 is 1.96. The Balaban J connectivity index is 2.45. The normalized spacial score (nSPS) is 11.1. The van der Waals surface area contributed by atoms with E-state index in [0.717, 1.165) is 0 Å². The molecule has 0 bridgehead atoms. The molecule has 0 saturated carbocycles. The first-order valence-corrected chi connectivity index (χ1v) is 6.71. The summed E-state index contributed by atoms with van der Waals surface area (Å²) < 4.78 is 0. The fourth-order valence-electron chi connectivity index (χ4n) is 0.496. The quantitative estimate of drug-likeness (QED) is 0.413. The van der Waals surface area contributed by atoms with E-state index in [1.54, 1.807) is 6.04 Å². The lowest BCUT2D eigenvalue weighted by atomic mass is 10.6. The molecule has 44 valence electrons. The van der Waals surface area contributed by atoms with Crippen molar-refractivity contribution in [3.8, 4) is 0 Å². The van der Waals surface area contributed by atoms with Crippen molar-refractivity contribution >= 4 is 21.3 Å². The molecule has 0 spiro atoms. The molecule has 0 rings (SSSR count). The van der Waals surface area contributed by atoms with Gasteiger partial charge in [-0.15, -0.1) is 0 Å². The largest absolute Gasteiger partial charge is 0.165 e. The predicted octanol–water partition coefficient (Wildman–Crippen LogP) is 1.37. The summed E-state index contributed by atoms with van der Waals surface area (Å²) in [5.74, 6) is 1.38. The molecule has 0 amide bonds. The van der Waals surface area contributed by atoms with E-state index in [-0.39, 0.29) is 0 Å². The molecular weight excluding hydrogens is 120 g/mol. The van der Waals surface area contributed by atoms with Gasteiger partial charge in [0.15, 0.2) is 0 Å². The van der Waals surface area contributed by atoms with Crippen molar-refractivity contribution < 1.29 is 0 Å². The van der Waals surface area contributed by atoms with Gasteiger partial charge in [-0.25, -0.2) is 0 Å². The average Bonchev–Trinajstić information content (AvgIpc) is 1.69. The highest BCUT2D eigenvalue weighted by atomic mass is 32.2. The van der Waals surface area contributed by atoms with Gasteiger partial charge in [0.1, 0.15) is 0 Å². The van der Waals surface area contributed by atoms with Gasteiger partial charge < -0.3 is 0 Å². The second-order valence-corrected chi connectivity index (χ2v) is 4.39. The molecule has 0 fully saturated rings. The fraction of sp³-hybridized carbons (Fsp3) is 1.00. The predicted molar refractivity (Wildman–Crippen MR) is 42.2 cm³/mol. The van der Waals surface area contributed by atoms with Gasteiger partial charge in [0, 0.05) is 9.52 Å². The Labute approximate surface area is 52.9 Å². The molecule has 0 atom stereocenters. The molecule has 0 N–H and O–H groups in total. The highest BCUT2D eigenvalue weighted by Gasteiger charge is 1.80. The minimum Gasteiger partial charge on any atom is -0.165 e. The molecule has 0 aromatic heterocycles. The first-order valence-electron chi connectivity index (χ1n) is 2.90. The van der Waals surface area contributed by atoms with E-state index in [2.05, 4.69) is 12.8 Å². The van der Waals surface area contributed by atoms with Crippen LogP contribution in [0.1, 0.15) is 6.42 Å². The van der Waals surface area contributed by atoms with E-state index < -0.39 is 0 Å². The number of thioether (sulfide) groups is 1. The topological polar surface area (TPSA) is 0 Å². The molecule has 0 aliphatic rings. The van der Waals surface area contributed by atoms with Crippen molar-refractivity contribution in [2.24, 2.45) is 0 Å². The van der Waals surface area contributed by atoms with Crippen molar-refractivity contribution in [3.05, 3.63) is 0 Å². The van der Waals surface area contributed by atoms with Crippen molar-refractivity contribution in [1.82, 2.24) is 0 Å². The number of hydrogen-bond acceptors (Lipinski definition) is 1. The Morgan fingerprint density at radius 3 is 2.71 bits per heavy atom. The summed E-state index contributed by atoms with van der Waals surface area (Å²) in [7, 11) is 0.380. The van der Waals surface area contributed by atoms with Crippen LogP contribution in [0.25, 0.3) is 0 Å². The average molecular weight is 134 g/mol. The van der Waals surface area contributed by atoms with Crippen LogP contribution in [0.2, 0.25) is 12.6 Å². The van der Waals surface area contributed by atoms with E-state index >= 15 is 0 Å². The van der Waals surface area contributed by atoms with Crippen molar-refractivity contribution in [1.29, 1.82) is 0 Å². The van der Waals surface area contributed by atoms with Crippen LogP contribution in [0.4, 0.5) is 0 Å². The van der Waals surface area contributed by atoms with Crippen molar-refractivity contribution in [3.63, 3.8) is 0 Å². The Bertz CT molecular complexity index is 27.3. The lowest BCUT2D eigenvalue weighted by Crippen LogP contribution is -1.82. The van der Waals surface area contributed by atoms with Crippen LogP contribution in [-0.2, 0) is 0 Å². The van der Waals surface area contributed by atoms with E-state index in [1.165, 1.54) is 12.2 Å². The van der Waals surface area contributed by atoms with Crippen molar-refractivity contribution in [2.75, 3.05) is 12.0 Å². The Morgan fingerprint density at radius 1 is 1.57 bits per heavy atom. The van der Waals surface area contributed by atoms with Gasteiger partial charge >= 0.3 is 0 Å². The van der Waals surface area contributed by atoms with Gasteiger partial charge in [-0.1, -0.05) is 12.6 Å². The zero-order chi connectivity index (χ0) is 5.54. The molecule has 0 aliphatic heterocycles. The molecule has 0 saturated heterocycles. The summed E-state index contributed by atoms with van der Waals surface area (Å²) in [6, 6.07) is 1.54. The molecule has 7 heavy (non-hydrogen) atoms. The molecule has 2 heteroatoms. The molecule has 0 heterocycles. The first-order chi connectivity index (χ1) is 3.41. The van der Waals surface area contributed by atoms with E-state index in [4.69, 9.17) is 0 Å². The van der Waals surface area contributed by atoms with Gasteiger partial charge in [0.2, 0.25) is 0 Å². The summed E-state index contributed by atoms with van der Waals surface area (Å²) in [5, 5.41) is 0. The van der Waals surface area contributed by atoms with Crippen LogP contribution in [0.15, 0.2) is 0 Å². The Kier molecular flexibility index (Phi) is 7.10. The highest BCUT2D eigenvalue weighted by molar-refractivity contribution is 7.98. The summed E-state index contributed by atoms with van der Waals surface area (Å²) in [6.45, 7) is 2.38. The lowest BCUT2D eigenvalue weighted by Gasteiger charge is -1.90. The smallest absolute Gasteiger partial charge is 0.0167 e. The molecule has 0 nitrogen and oxygen atoms in total. The van der Waals surface area contributed by atoms with Crippen LogP contribution in [0.3, 0.4) is 0 Å². The van der Waals surface area contributed by atoms with Crippen LogP contribution >= 0.6 is 11.8 Å². The number of rotatable bonds is 4. The lowest BCUT2D eigenvalue weighted by molar-refractivity contribution is 1.09. The third kappa shape index (κ3) is 6.57. The van der Waals surface area contributed by atoms with Crippen molar-refractivity contribution in [2.45, 2.75) is 19.0 Å². The molecular formula is C5H14SSi. The summed E-state index contributed by atoms with van der Waals surface area (Å²) in [5.41, 5.74) is 0. The third-order valence-corrected chi connectivity index (χ3v) is 2.86. The summed E-state index contributed by atoms with van der Waals surface area (Å²) in [4.78, 5) is 0. The monoisotopic (exact) mass is 134 g/mol. The second-order valence-electron chi connectivity index (χ2n) is 1.70. The Morgan fingerprint density at radius 2 is 2.29 bits per heavy atom. The zero-order valence-electron chi connectivity index (χ0n) is 5.24. The standard InChI is InChI=1S/C5H14SSi/c1-6-4-3-5-7-2/h3-5,7H2,1-2H3. The molecule has 0 radical (unpaired) electrons. The van der Waals surface area contributed by atoms with Gasteiger partial charge in [-0.3, -0.25) is 0 Å². The van der Waals surface area contributed by atoms with E-state index in [1.807, 2.05) is 11.8 Å². The number of hydrogen-bond donors (Lipinski definition) is 0. The first kappa shape index (κ1) is 7.57. The molecule has 0 unspecified atom stereocenters. The van der Waals surface area contributed by atoms with Crippen LogP contribution in [0.5, 0.6) is 0 Å². The minimum absolute atomic E-state index is 0.380. The second kappa shape index (κ2) is 6.57. The molecule has 0 aromatic carbocycles. The van der Waals surface area contributed by atoms with E-state index in [0.29, 0.717) is 9.52 Å². The van der Waals surface area contributed by atoms with E-state index in [9.17, 15) is 0 Å². The van der Waals surface area contributed by atoms with Gasteiger partial charge in [0.05, 0.1) is 0 Å². The van der Waals surface area contributed by atoms with Crippen LogP contribution in [-0.4, -0.2) is 21.5 Å². The van der Waals surface area contributed by atoms with Gasteiger partial charge in [-0.2, -0.15) is 11.8 Å². The Hall–Kier alpha value is 0.567.